The maximum Gasteiger partial charge on any atom is 0.273 e. The molecule has 5 nitrogen and oxygen atoms in total. The number of piperazine rings is 1. The van der Waals surface area contributed by atoms with Gasteiger partial charge in [-0.05, 0) is 24.3 Å². The number of halogens is 1. The quantitative estimate of drug-likeness (QED) is 0.741. The first-order valence-electron chi connectivity index (χ1n) is 8.77. The number of anilines is 3. The SMILES string of the molecule is O=C(c1csc(Nc2ccccc2)n1)N1CCN(c2ccccc2F)CC1. The minimum atomic E-state index is -0.228. The van der Waals surface area contributed by atoms with Crippen molar-refractivity contribution >= 4 is 33.8 Å². The number of benzene rings is 2. The summed E-state index contributed by atoms with van der Waals surface area (Å²) in [5.41, 5.74) is 1.97. The molecule has 1 N–H and O–H groups in total. The Morgan fingerprint density at radius 2 is 1.70 bits per heavy atom. The maximum absolute atomic E-state index is 13.9. The van der Waals surface area contributed by atoms with Crippen molar-refractivity contribution in [3.8, 4) is 0 Å². The molecule has 0 aliphatic carbocycles. The number of thiazole rings is 1. The number of hydrogen-bond donors (Lipinski definition) is 1. The lowest BCUT2D eigenvalue weighted by atomic mass is 10.2. The fraction of sp³-hybridized carbons (Fsp3) is 0.200. The van der Waals surface area contributed by atoms with E-state index in [0.29, 0.717) is 42.7 Å². The number of hydrogen-bond acceptors (Lipinski definition) is 5. The topological polar surface area (TPSA) is 48.5 Å². The van der Waals surface area contributed by atoms with Crippen molar-refractivity contribution in [1.82, 2.24) is 9.88 Å². The average molecular weight is 382 g/mol. The van der Waals surface area contributed by atoms with Crippen LogP contribution in [0.15, 0.2) is 60.0 Å². The van der Waals surface area contributed by atoms with Gasteiger partial charge in [0, 0.05) is 37.2 Å². The molecule has 1 aliphatic rings. The number of nitrogens with zero attached hydrogens (tertiary/aromatic N) is 3. The molecule has 7 heteroatoms. The van der Waals surface area contributed by atoms with Crippen LogP contribution in [0.25, 0.3) is 0 Å². The number of nitrogens with one attached hydrogen (secondary N) is 1. The molecule has 27 heavy (non-hydrogen) atoms. The average Bonchev–Trinajstić information content (AvgIpc) is 3.17. The van der Waals surface area contributed by atoms with Crippen LogP contribution in [0.3, 0.4) is 0 Å². The molecular weight excluding hydrogens is 363 g/mol. The Labute approximate surface area is 161 Å². The molecule has 1 saturated heterocycles. The molecule has 0 unspecified atom stereocenters. The summed E-state index contributed by atoms with van der Waals surface area (Å²) >= 11 is 1.41. The lowest BCUT2D eigenvalue weighted by Gasteiger charge is -2.35. The largest absolute Gasteiger partial charge is 0.366 e. The molecule has 138 valence electrons. The smallest absolute Gasteiger partial charge is 0.273 e. The zero-order valence-corrected chi connectivity index (χ0v) is 15.5. The molecule has 1 amide bonds. The van der Waals surface area contributed by atoms with Gasteiger partial charge in [0.2, 0.25) is 0 Å². The van der Waals surface area contributed by atoms with Gasteiger partial charge in [0.1, 0.15) is 11.5 Å². The van der Waals surface area contributed by atoms with E-state index in [1.807, 2.05) is 41.3 Å². The van der Waals surface area contributed by atoms with E-state index < -0.39 is 0 Å². The summed E-state index contributed by atoms with van der Waals surface area (Å²) < 4.78 is 13.9. The Morgan fingerprint density at radius 3 is 2.44 bits per heavy atom. The Bertz CT molecular complexity index is 922. The summed E-state index contributed by atoms with van der Waals surface area (Å²) in [7, 11) is 0. The summed E-state index contributed by atoms with van der Waals surface area (Å²) in [5.74, 6) is -0.311. The van der Waals surface area contributed by atoms with Crippen molar-refractivity contribution in [3.05, 3.63) is 71.5 Å². The van der Waals surface area contributed by atoms with Gasteiger partial charge >= 0.3 is 0 Å². The molecule has 0 saturated carbocycles. The molecule has 0 spiro atoms. The Kier molecular flexibility index (Phi) is 5.02. The van der Waals surface area contributed by atoms with E-state index in [4.69, 9.17) is 0 Å². The summed E-state index contributed by atoms with van der Waals surface area (Å²) in [6.07, 6.45) is 0. The van der Waals surface area contributed by atoms with Crippen LogP contribution in [0.4, 0.5) is 20.9 Å². The Morgan fingerprint density at radius 1 is 1.00 bits per heavy atom. The van der Waals surface area contributed by atoms with Crippen molar-refractivity contribution in [3.63, 3.8) is 0 Å². The highest BCUT2D eigenvalue weighted by molar-refractivity contribution is 7.14. The van der Waals surface area contributed by atoms with Gasteiger partial charge in [-0.25, -0.2) is 9.37 Å². The Hall–Kier alpha value is -2.93. The van der Waals surface area contributed by atoms with Crippen molar-refractivity contribution in [2.75, 3.05) is 36.4 Å². The van der Waals surface area contributed by atoms with Crippen LogP contribution in [-0.4, -0.2) is 42.0 Å². The first-order valence-corrected chi connectivity index (χ1v) is 9.65. The fourth-order valence-electron chi connectivity index (χ4n) is 3.09. The Balaban J connectivity index is 1.38. The molecule has 4 rings (SSSR count). The number of carbonyl (C=O) groups excluding carboxylic acids is 1. The van der Waals surface area contributed by atoms with Crippen molar-refractivity contribution < 1.29 is 9.18 Å². The van der Waals surface area contributed by atoms with Gasteiger partial charge in [0.15, 0.2) is 5.13 Å². The third-order valence-electron chi connectivity index (χ3n) is 4.51. The van der Waals surface area contributed by atoms with Crippen LogP contribution < -0.4 is 10.2 Å². The first kappa shape index (κ1) is 17.5. The minimum absolute atomic E-state index is 0.0828. The highest BCUT2D eigenvalue weighted by Crippen LogP contribution is 2.23. The van der Waals surface area contributed by atoms with Gasteiger partial charge in [-0.1, -0.05) is 30.3 Å². The summed E-state index contributed by atoms with van der Waals surface area (Å²) in [5, 5.41) is 5.67. The van der Waals surface area contributed by atoms with Gasteiger partial charge in [-0.15, -0.1) is 11.3 Å². The number of amides is 1. The highest BCUT2D eigenvalue weighted by Gasteiger charge is 2.25. The van der Waals surface area contributed by atoms with Gasteiger partial charge in [0.25, 0.3) is 5.91 Å². The number of para-hydroxylation sites is 2. The molecule has 2 heterocycles. The molecular formula is C20H19FN4OS. The first-order chi connectivity index (χ1) is 13.2. The predicted octanol–water partition coefficient (Wildman–Crippen LogP) is 3.99. The van der Waals surface area contributed by atoms with E-state index in [1.165, 1.54) is 17.4 Å². The van der Waals surface area contributed by atoms with E-state index in [0.717, 1.165) is 5.69 Å². The van der Waals surface area contributed by atoms with E-state index in [2.05, 4.69) is 10.3 Å². The van der Waals surface area contributed by atoms with Gasteiger partial charge in [0.05, 0.1) is 5.69 Å². The number of rotatable bonds is 4. The maximum atomic E-state index is 13.9. The standard InChI is InChI=1S/C20H19FN4OS/c21-16-8-4-5-9-18(16)24-10-12-25(13-11-24)19(26)17-14-27-20(23-17)22-15-6-2-1-3-7-15/h1-9,14H,10-13H2,(H,22,23). The van der Waals surface area contributed by atoms with Crippen molar-refractivity contribution in [2.24, 2.45) is 0 Å². The van der Waals surface area contributed by atoms with Crippen LogP contribution in [-0.2, 0) is 0 Å². The number of carbonyl (C=O) groups is 1. The lowest BCUT2D eigenvalue weighted by Crippen LogP contribution is -2.49. The van der Waals surface area contributed by atoms with Crippen LogP contribution in [0.2, 0.25) is 0 Å². The minimum Gasteiger partial charge on any atom is -0.366 e. The second-order valence-corrected chi connectivity index (χ2v) is 7.12. The monoisotopic (exact) mass is 382 g/mol. The molecule has 2 aromatic carbocycles. The lowest BCUT2D eigenvalue weighted by molar-refractivity contribution is 0.0741. The molecule has 1 aromatic heterocycles. The van der Waals surface area contributed by atoms with E-state index in [9.17, 15) is 9.18 Å². The van der Waals surface area contributed by atoms with Crippen LogP contribution >= 0.6 is 11.3 Å². The fourth-order valence-corrected chi connectivity index (χ4v) is 3.80. The normalized spacial score (nSPS) is 14.3. The molecule has 0 atom stereocenters. The highest BCUT2D eigenvalue weighted by atomic mass is 32.1. The molecule has 1 fully saturated rings. The van der Waals surface area contributed by atoms with Crippen molar-refractivity contribution in [1.29, 1.82) is 0 Å². The molecule has 1 aliphatic heterocycles. The molecule has 3 aromatic rings. The summed E-state index contributed by atoms with van der Waals surface area (Å²) in [6, 6.07) is 16.5. The van der Waals surface area contributed by atoms with Gasteiger partial charge in [-0.3, -0.25) is 4.79 Å². The third-order valence-corrected chi connectivity index (χ3v) is 5.27. The second-order valence-electron chi connectivity index (χ2n) is 6.26. The third kappa shape index (κ3) is 3.93. The van der Waals surface area contributed by atoms with E-state index in [1.54, 1.807) is 22.4 Å². The van der Waals surface area contributed by atoms with E-state index >= 15 is 0 Å². The van der Waals surface area contributed by atoms with Gasteiger partial charge < -0.3 is 15.1 Å². The van der Waals surface area contributed by atoms with Crippen LogP contribution in [0.5, 0.6) is 0 Å². The second kappa shape index (κ2) is 7.75. The molecule has 0 bridgehead atoms. The summed E-state index contributed by atoms with van der Waals surface area (Å²) in [4.78, 5) is 20.9. The number of aromatic nitrogens is 1. The zero-order chi connectivity index (χ0) is 18.6. The van der Waals surface area contributed by atoms with Crippen LogP contribution in [0, 0.1) is 5.82 Å². The van der Waals surface area contributed by atoms with Gasteiger partial charge in [-0.2, -0.15) is 0 Å². The van der Waals surface area contributed by atoms with E-state index in [-0.39, 0.29) is 11.7 Å². The summed E-state index contributed by atoms with van der Waals surface area (Å²) in [6.45, 7) is 2.30. The van der Waals surface area contributed by atoms with Crippen molar-refractivity contribution in [2.45, 2.75) is 0 Å². The predicted molar refractivity (Wildman–Crippen MR) is 106 cm³/mol. The van der Waals surface area contributed by atoms with Crippen LogP contribution in [0.1, 0.15) is 10.5 Å². The molecule has 0 radical (unpaired) electrons. The zero-order valence-electron chi connectivity index (χ0n) is 14.6.